The summed E-state index contributed by atoms with van der Waals surface area (Å²) in [7, 11) is 7.39. The molecule has 0 spiro atoms. The maximum absolute atomic E-state index is 11.7. The Hall–Kier alpha value is -1.94. The molecular formula is C21H31ClIN5O2. The van der Waals surface area contributed by atoms with E-state index in [0.29, 0.717) is 18.8 Å². The van der Waals surface area contributed by atoms with Gasteiger partial charge in [0.15, 0.2) is 12.6 Å². The van der Waals surface area contributed by atoms with Crippen LogP contribution in [0.5, 0.6) is 5.75 Å². The lowest BCUT2D eigenvalue weighted by Gasteiger charge is -2.22. The first-order valence-electron chi connectivity index (χ1n) is 9.52. The van der Waals surface area contributed by atoms with Gasteiger partial charge < -0.3 is 24.4 Å². The first kappa shape index (κ1) is 26.1. The molecule has 0 saturated carbocycles. The minimum absolute atomic E-state index is 0. The molecular weight excluding hydrogens is 517 g/mol. The summed E-state index contributed by atoms with van der Waals surface area (Å²) in [5.74, 6) is 1.38. The molecule has 0 aliphatic carbocycles. The molecule has 0 bridgehead atoms. The van der Waals surface area contributed by atoms with Gasteiger partial charge in [0.2, 0.25) is 0 Å². The first-order valence-corrected chi connectivity index (χ1v) is 9.90. The third-order valence-electron chi connectivity index (χ3n) is 4.34. The number of aryl methyl sites for hydroxylation is 1. The van der Waals surface area contributed by atoms with Crippen LogP contribution in [0.25, 0.3) is 0 Å². The summed E-state index contributed by atoms with van der Waals surface area (Å²) in [6, 6.07) is 9.60. The fourth-order valence-electron chi connectivity index (χ4n) is 2.68. The van der Waals surface area contributed by atoms with Gasteiger partial charge in [0.1, 0.15) is 5.75 Å². The molecule has 0 aliphatic rings. The standard InChI is InChI=1S/C21H30ClN5O2.HI/c1-6-23-21(27(5)14-18-11-17(22)13-26(18)4)24-12-16-8-7-9-19(10-16)29-15-20(28)25(2)3;/h7-11,13H,6,12,14-15H2,1-5H3,(H,23,24);1H. The zero-order valence-electron chi connectivity index (χ0n) is 18.2. The molecule has 7 nitrogen and oxygen atoms in total. The summed E-state index contributed by atoms with van der Waals surface area (Å²) in [6.07, 6.45) is 1.89. The van der Waals surface area contributed by atoms with Crippen LogP contribution in [-0.4, -0.2) is 60.5 Å². The average Bonchev–Trinajstić information content (AvgIpc) is 3.00. The highest BCUT2D eigenvalue weighted by molar-refractivity contribution is 14.0. The Balaban J connectivity index is 0.00000450. The molecule has 0 atom stereocenters. The zero-order valence-corrected chi connectivity index (χ0v) is 21.3. The number of aliphatic imine (C=N–C) groups is 1. The van der Waals surface area contributed by atoms with Gasteiger partial charge in [0, 0.05) is 46.6 Å². The van der Waals surface area contributed by atoms with E-state index in [0.717, 1.165) is 28.8 Å². The molecule has 0 unspecified atom stereocenters. The third-order valence-corrected chi connectivity index (χ3v) is 4.55. The number of halogens is 2. The molecule has 1 heterocycles. The number of hydrogen-bond acceptors (Lipinski definition) is 3. The van der Waals surface area contributed by atoms with E-state index in [2.05, 4.69) is 10.2 Å². The van der Waals surface area contributed by atoms with E-state index in [1.54, 1.807) is 14.1 Å². The molecule has 9 heteroatoms. The van der Waals surface area contributed by atoms with Crippen LogP contribution in [0.4, 0.5) is 0 Å². The lowest BCUT2D eigenvalue weighted by molar-refractivity contribution is -0.130. The summed E-state index contributed by atoms with van der Waals surface area (Å²) in [4.78, 5) is 20.0. The van der Waals surface area contributed by atoms with Crippen molar-refractivity contribution in [3.8, 4) is 5.75 Å². The molecule has 0 radical (unpaired) electrons. The van der Waals surface area contributed by atoms with Crippen molar-refractivity contribution in [1.29, 1.82) is 0 Å². The van der Waals surface area contributed by atoms with Crippen LogP contribution < -0.4 is 10.1 Å². The maximum atomic E-state index is 11.7. The molecule has 0 fully saturated rings. The minimum atomic E-state index is -0.0785. The van der Waals surface area contributed by atoms with Gasteiger partial charge in [0.25, 0.3) is 5.91 Å². The lowest BCUT2D eigenvalue weighted by Crippen LogP contribution is -2.38. The summed E-state index contributed by atoms with van der Waals surface area (Å²) >= 11 is 6.09. The third kappa shape index (κ3) is 8.06. The molecule has 30 heavy (non-hydrogen) atoms. The van der Waals surface area contributed by atoms with Crippen molar-refractivity contribution in [3.05, 3.63) is 52.8 Å². The van der Waals surface area contributed by atoms with Gasteiger partial charge in [0.05, 0.1) is 18.1 Å². The molecule has 1 amide bonds. The fraction of sp³-hybridized carbons (Fsp3) is 0.429. The Bertz CT molecular complexity index is 854. The highest BCUT2D eigenvalue weighted by Gasteiger charge is 2.10. The van der Waals surface area contributed by atoms with Crippen molar-refractivity contribution in [3.63, 3.8) is 0 Å². The van der Waals surface area contributed by atoms with Crippen LogP contribution in [0.15, 0.2) is 41.5 Å². The number of benzene rings is 1. The quantitative estimate of drug-likeness (QED) is 0.313. The van der Waals surface area contributed by atoms with Crippen LogP contribution >= 0.6 is 35.6 Å². The number of carbonyl (C=O) groups excluding carboxylic acids is 1. The molecule has 0 aliphatic heterocycles. The number of guanidine groups is 1. The van der Waals surface area contributed by atoms with Gasteiger partial charge in [-0.2, -0.15) is 0 Å². The van der Waals surface area contributed by atoms with Gasteiger partial charge in [-0.25, -0.2) is 4.99 Å². The molecule has 1 aromatic carbocycles. The van der Waals surface area contributed by atoms with Crippen molar-refractivity contribution in [1.82, 2.24) is 19.7 Å². The number of amides is 1. The van der Waals surface area contributed by atoms with E-state index in [9.17, 15) is 4.79 Å². The lowest BCUT2D eigenvalue weighted by atomic mass is 10.2. The van der Waals surface area contributed by atoms with Crippen LogP contribution in [0.1, 0.15) is 18.2 Å². The first-order chi connectivity index (χ1) is 13.8. The van der Waals surface area contributed by atoms with Gasteiger partial charge in [-0.1, -0.05) is 23.7 Å². The Morgan fingerprint density at radius 1 is 1.27 bits per heavy atom. The Morgan fingerprint density at radius 3 is 2.60 bits per heavy atom. The summed E-state index contributed by atoms with van der Waals surface area (Å²) in [5, 5.41) is 4.04. The second-order valence-corrected chi connectivity index (χ2v) is 7.45. The summed E-state index contributed by atoms with van der Waals surface area (Å²) in [5.41, 5.74) is 2.11. The van der Waals surface area contributed by atoms with Crippen molar-refractivity contribution >= 4 is 47.4 Å². The number of aromatic nitrogens is 1. The molecule has 166 valence electrons. The van der Waals surface area contributed by atoms with Gasteiger partial charge >= 0.3 is 0 Å². The van der Waals surface area contributed by atoms with Gasteiger partial charge in [-0.15, -0.1) is 24.0 Å². The minimum Gasteiger partial charge on any atom is -0.484 e. The number of carbonyl (C=O) groups is 1. The van der Waals surface area contributed by atoms with Crippen molar-refractivity contribution in [2.75, 3.05) is 34.3 Å². The number of nitrogens with one attached hydrogen (secondary N) is 1. The normalized spacial score (nSPS) is 10.9. The molecule has 1 N–H and O–H groups in total. The number of likely N-dealkylation sites (N-methyl/N-ethyl adjacent to an activating group) is 1. The number of rotatable bonds is 8. The molecule has 0 saturated heterocycles. The zero-order chi connectivity index (χ0) is 21.4. The Labute approximate surface area is 201 Å². The highest BCUT2D eigenvalue weighted by Crippen LogP contribution is 2.16. The van der Waals surface area contributed by atoms with Crippen LogP contribution in [0, 0.1) is 0 Å². The highest BCUT2D eigenvalue weighted by atomic mass is 127. The predicted octanol–water partition coefficient (Wildman–Crippen LogP) is 3.36. The van der Waals surface area contributed by atoms with Crippen molar-refractivity contribution in [2.45, 2.75) is 20.0 Å². The second-order valence-electron chi connectivity index (χ2n) is 7.01. The van der Waals surface area contributed by atoms with E-state index in [4.69, 9.17) is 21.3 Å². The van der Waals surface area contributed by atoms with Crippen molar-refractivity contribution < 1.29 is 9.53 Å². The summed E-state index contributed by atoms with van der Waals surface area (Å²) < 4.78 is 7.60. The predicted molar refractivity (Wildman–Crippen MR) is 133 cm³/mol. The van der Waals surface area contributed by atoms with E-state index < -0.39 is 0 Å². The largest absolute Gasteiger partial charge is 0.484 e. The van der Waals surface area contributed by atoms with Crippen LogP contribution in [0.3, 0.4) is 0 Å². The number of hydrogen-bond donors (Lipinski definition) is 1. The fourth-order valence-corrected chi connectivity index (χ4v) is 2.96. The van der Waals surface area contributed by atoms with E-state index in [1.165, 1.54) is 4.90 Å². The summed E-state index contributed by atoms with van der Waals surface area (Å²) in [6.45, 7) is 4.01. The topological polar surface area (TPSA) is 62.1 Å². The molecule has 2 aromatic rings. The molecule has 1 aromatic heterocycles. The van der Waals surface area contributed by atoms with Gasteiger partial charge in [-0.05, 0) is 30.7 Å². The van der Waals surface area contributed by atoms with Crippen molar-refractivity contribution in [2.24, 2.45) is 12.0 Å². The van der Waals surface area contributed by atoms with Crippen LogP contribution in [-0.2, 0) is 24.9 Å². The van der Waals surface area contributed by atoms with E-state index in [1.807, 2.05) is 62.1 Å². The number of nitrogens with zero attached hydrogens (tertiary/aromatic N) is 4. The Kier molecular flexibility index (Phi) is 11.0. The SMILES string of the molecule is CCNC(=NCc1cccc(OCC(=O)N(C)C)c1)N(C)Cc1cc(Cl)cn1C.I. The van der Waals surface area contributed by atoms with Gasteiger partial charge in [-0.3, -0.25) is 4.79 Å². The monoisotopic (exact) mass is 547 g/mol. The second kappa shape index (κ2) is 12.7. The van der Waals surface area contributed by atoms with E-state index in [-0.39, 0.29) is 36.5 Å². The smallest absolute Gasteiger partial charge is 0.259 e. The van der Waals surface area contributed by atoms with E-state index >= 15 is 0 Å². The maximum Gasteiger partial charge on any atom is 0.259 e. The molecule has 2 rings (SSSR count). The van der Waals surface area contributed by atoms with Crippen LogP contribution in [0.2, 0.25) is 5.02 Å². The Morgan fingerprint density at radius 2 is 2.00 bits per heavy atom. The average molecular weight is 548 g/mol. The number of ether oxygens (including phenoxy) is 1.